The molecular weight excluding hydrogens is 472 g/mol. The zero-order valence-electron chi connectivity index (χ0n) is 21.4. The summed E-state index contributed by atoms with van der Waals surface area (Å²) in [5.74, 6) is 1.58. The van der Waals surface area contributed by atoms with E-state index in [2.05, 4.69) is 5.32 Å². The Balaban J connectivity index is 1.51. The number of amides is 1. The van der Waals surface area contributed by atoms with Crippen molar-refractivity contribution in [3.8, 4) is 17.2 Å². The smallest absolute Gasteiger partial charge is 0.291 e. The number of hydrogen-bond donors (Lipinski definition) is 1. The summed E-state index contributed by atoms with van der Waals surface area (Å²) in [5, 5.41) is 14.2. The number of hydrogen-bond acceptors (Lipinski definition) is 6. The van der Waals surface area contributed by atoms with Gasteiger partial charge in [-0.15, -0.1) is 0 Å². The van der Waals surface area contributed by atoms with E-state index in [1.165, 1.54) is 24.3 Å². The fourth-order valence-corrected chi connectivity index (χ4v) is 3.99. The third-order valence-electron chi connectivity index (χ3n) is 6.00. The van der Waals surface area contributed by atoms with Crippen molar-refractivity contribution in [2.75, 3.05) is 5.32 Å². The van der Waals surface area contributed by atoms with E-state index in [0.29, 0.717) is 11.5 Å². The van der Waals surface area contributed by atoms with E-state index >= 15 is 0 Å². The minimum atomic E-state index is -0.549. The average Bonchev–Trinajstić information content (AvgIpc) is 3.31. The molecule has 0 spiro atoms. The summed E-state index contributed by atoms with van der Waals surface area (Å²) >= 11 is 0. The molecule has 0 fully saturated rings. The summed E-state index contributed by atoms with van der Waals surface area (Å²) < 4.78 is 17.5. The first-order valence-corrected chi connectivity index (χ1v) is 11.7. The lowest BCUT2D eigenvalue weighted by Gasteiger charge is -2.13. The number of aryl methyl sites for hydroxylation is 4. The molecule has 0 bridgehead atoms. The number of furan rings is 1. The average molecular weight is 501 g/mol. The van der Waals surface area contributed by atoms with Gasteiger partial charge in [0.05, 0.1) is 16.7 Å². The molecule has 1 heterocycles. The highest BCUT2D eigenvalue weighted by atomic mass is 16.6. The van der Waals surface area contributed by atoms with E-state index in [4.69, 9.17) is 13.9 Å². The van der Waals surface area contributed by atoms with Gasteiger partial charge in [0, 0.05) is 12.1 Å². The highest BCUT2D eigenvalue weighted by Gasteiger charge is 2.17. The SMILES string of the molecule is Cc1cc(C)c(C)c(Oc2cc(NC(=O)c3ccc(COc4c(C)cccc4C)o3)cc([N+](=O)[O-])c2)c1. The van der Waals surface area contributed by atoms with Gasteiger partial charge >= 0.3 is 0 Å². The van der Waals surface area contributed by atoms with Crippen LogP contribution in [0.1, 0.15) is 44.1 Å². The van der Waals surface area contributed by atoms with Crippen LogP contribution in [0.25, 0.3) is 0 Å². The summed E-state index contributed by atoms with van der Waals surface area (Å²) in [4.78, 5) is 23.8. The maximum atomic E-state index is 12.8. The van der Waals surface area contributed by atoms with E-state index in [1.54, 1.807) is 6.07 Å². The molecule has 8 heteroatoms. The van der Waals surface area contributed by atoms with E-state index in [0.717, 1.165) is 33.6 Å². The van der Waals surface area contributed by atoms with Crippen LogP contribution in [0.2, 0.25) is 0 Å². The second kappa shape index (κ2) is 10.6. The highest BCUT2D eigenvalue weighted by molar-refractivity contribution is 6.02. The number of benzene rings is 3. The molecule has 3 aromatic carbocycles. The first-order valence-electron chi connectivity index (χ1n) is 11.7. The summed E-state index contributed by atoms with van der Waals surface area (Å²) in [6.07, 6.45) is 0. The quantitative estimate of drug-likeness (QED) is 0.200. The van der Waals surface area contributed by atoms with Crippen molar-refractivity contribution in [2.24, 2.45) is 0 Å². The molecule has 0 aliphatic heterocycles. The fourth-order valence-electron chi connectivity index (χ4n) is 3.99. The molecule has 0 aliphatic carbocycles. The highest BCUT2D eigenvalue weighted by Crippen LogP contribution is 2.33. The number of rotatable bonds is 8. The molecule has 0 aliphatic rings. The Bertz CT molecular complexity index is 1470. The predicted octanol–water partition coefficient (Wildman–Crippen LogP) is 7.35. The Morgan fingerprint density at radius 2 is 1.68 bits per heavy atom. The van der Waals surface area contributed by atoms with Gasteiger partial charge < -0.3 is 19.2 Å². The van der Waals surface area contributed by atoms with Crippen molar-refractivity contribution in [3.63, 3.8) is 0 Å². The number of para-hydroxylation sites is 1. The Kier molecular flexibility index (Phi) is 7.29. The Labute approximate surface area is 215 Å². The Hall–Kier alpha value is -4.59. The molecule has 0 atom stereocenters. The van der Waals surface area contributed by atoms with E-state index < -0.39 is 10.8 Å². The monoisotopic (exact) mass is 500 g/mol. The summed E-state index contributed by atoms with van der Waals surface area (Å²) in [5.41, 5.74) is 4.98. The van der Waals surface area contributed by atoms with Crippen LogP contribution < -0.4 is 14.8 Å². The minimum absolute atomic E-state index is 0.0548. The molecule has 4 aromatic rings. The molecule has 190 valence electrons. The van der Waals surface area contributed by atoms with E-state index in [1.807, 2.05) is 65.0 Å². The van der Waals surface area contributed by atoms with E-state index in [-0.39, 0.29) is 29.5 Å². The number of nitro benzene ring substituents is 1. The van der Waals surface area contributed by atoms with Crippen molar-refractivity contribution in [1.29, 1.82) is 0 Å². The molecule has 0 radical (unpaired) electrons. The van der Waals surface area contributed by atoms with Crippen LogP contribution >= 0.6 is 0 Å². The predicted molar refractivity (Wildman–Crippen MR) is 141 cm³/mol. The molecule has 1 N–H and O–H groups in total. The van der Waals surface area contributed by atoms with Crippen LogP contribution in [-0.4, -0.2) is 10.8 Å². The van der Waals surface area contributed by atoms with Crippen LogP contribution in [0.15, 0.2) is 65.1 Å². The third-order valence-corrected chi connectivity index (χ3v) is 6.00. The number of ether oxygens (including phenoxy) is 2. The molecule has 0 saturated heterocycles. The van der Waals surface area contributed by atoms with Crippen molar-refractivity contribution < 1.29 is 23.6 Å². The van der Waals surface area contributed by atoms with Crippen molar-refractivity contribution in [3.05, 3.63) is 110 Å². The normalized spacial score (nSPS) is 10.7. The van der Waals surface area contributed by atoms with Crippen molar-refractivity contribution in [1.82, 2.24) is 0 Å². The molecule has 1 aromatic heterocycles. The molecular formula is C29H28N2O6. The number of carbonyl (C=O) groups excluding carboxylic acids is 1. The maximum absolute atomic E-state index is 12.8. The Morgan fingerprint density at radius 1 is 0.946 bits per heavy atom. The number of nitro groups is 1. The largest absolute Gasteiger partial charge is 0.485 e. The van der Waals surface area contributed by atoms with Crippen LogP contribution in [-0.2, 0) is 6.61 Å². The van der Waals surface area contributed by atoms with E-state index in [9.17, 15) is 14.9 Å². The van der Waals surface area contributed by atoms with Gasteiger partial charge in [-0.3, -0.25) is 14.9 Å². The van der Waals surface area contributed by atoms with Crippen molar-refractivity contribution in [2.45, 2.75) is 41.2 Å². The van der Waals surface area contributed by atoms with Crippen LogP contribution in [0.3, 0.4) is 0 Å². The lowest BCUT2D eigenvalue weighted by Crippen LogP contribution is -2.11. The third kappa shape index (κ3) is 5.98. The van der Waals surface area contributed by atoms with Crippen LogP contribution in [0.4, 0.5) is 11.4 Å². The molecule has 0 saturated carbocycles. The van der Waals surface area contributed by atoms with Gasteiger partial charge in [-0.2, -0.15) is 0 Å². The lowest BCUT2D eigenvalue weighted by atomic mass is 10.1. The summed E-state index contributed by atoms with van der Waals surface area (Å²) in [6.45, 7) is 9.91. The van der Waals surface area contributed by atoms with Crippen molar-refractivity contribution >= 4 is 17.3 Å². The summed E-state index contributed by atoms with van der Waals surface area (Å²) in [6, 6.07) is 17.1. The van der Waals surface area contributed by atoms with Crippen LogP contribution in [0, 0.1) is 44.7 Å². The molecule has 1 amide bonds. The fraction of sp³-hybridized carbons (Fsp3) is 0.207. The summed E-state index contributed by atoms with van der Waals surface area (Å²) in [7, 11) is 0. The topological polar surface area (TPSA) is 104 Å². The first kappa shape index (κ1) is 25.5. The molecule has 8 nitrogen and oxygen atoms in total. The molecule has 37 heavy (non-hydrogen) atoms. The number of anilines is 1. The Morgan fingerprint density at radius 3 is 2.38 bits per heavy atom. The van der Waals surface area contributed by atoms with Gasteiger partial charge in [-0.05, 0) is 80.6 Å². The molecule has 0 unspecified atom stereocenters. The number of nitrogens with zero attached hydrogens (tertiary/aromatic N) is 1. The number of non-ortho nitro benzene ring substituents is 1. The van der Waals surface area contributed by atoms with Gasteiger partial charge in [0.25, 0.3) is 11.6 Å². The zero-order chi connectivity index (χ0) is 26.7. The number of carbonyl (C=O) groups is 1. The van der Waals surface area contributed by atoms with Gasteiger partial charge in [0.2, 0.25) is 0 Å². The van der Waals surface area contributed by atoms with Gasteiger partial charge in [0.15, 0.2) is 5.76 Å². The minimum Gasteiger partial charge on any atom is -0.485 e. The standard InChI is InChI=1S/C29H28N2O6/c1-17-11-20(4)21(5)27(12-17)37-25-14-22(13-23(15-25)31(33)34)30-29(32)26-10-9-24(36-26)16-35-28-18(2)7-6-8-19(28)3/h6-15H,16H2,1-5H3,(H,30,32). The van der Waals surface area contributed by atoms with Crippen LogP contribution in [0.5, 0.6) is 17.2 Å². The van der Waals surface area contributed by atoms with Gasteiger partial charge in [-0.1, -0.05) is 24.3 Å². The lowest BCUT2D eigenvalue weighted by molar-refractivity contribution is -0.384. The number of nitrogens with one attached hydrogen (secondary N) is 1. The second-order valence-corrected chi connectivity index (χ2v) is 9.01. The maximum Gasteiger partial charge on any atom is 0.291 e. The first-order chi connectivity index (χ1) is 17.6. The zero-order valence-corrected chi connectivity index (χ0v) is 21.4. The molecule has 4 rings (SSSR count). The van der Waals surface area contributed by atoms with Gasteiger partial charge in [0.1, 0.15) is 29.6 Å². The second-order valence-electron chi connectivity index (χ2n) is 9.01. The van der Waals surface area contributed by atoms with Gasteiger partial charge in [-0.25, -0.2) is 0 Å².